The van der Waals surface area contributed by atoms with Crippen molar-refractivity contribution in [3.8, 4) is 5.75 Å². The fourth-order valence-corrected chi connectivity index (χ4v) is 2.28. The van der Waals surface area contributed by atoms with E-state index in [0.29, 0.717) is 11.4 Å². The highest BCUT2D eigenvalue weighted by Gasteiger charge is 2.21. The molecule has 1 unspecified atom stereocenters. The van der Waals surface area contributed by atoms with E-state index in [1.807, 2.05) is 32.0 Å². The van der Waals surface area contributed by atoms with Crippen molar-refractivity contribution in [2.75, 3.05) is 12.4 Å². The number of amides is 1. The van der Waals surface area contributed by atoms with E-state index in [0.717, 1.165) is 11.1 Å². The number of aryl methyl sites for hydroxylation is 2. The van der Waals surface area contributed by atoms with Gasteiger partial charge < -0.3 is 14.8 Å². The van der Waals surface area contributed by atoms with Crippen LogP contribution < -0.4 is 10.1 Å². The van der Waals surface area contributed by atoms with Gasteiger partial charge in [-0.3, -0.25) is 4.79 Å². The van der Waals surface area contributed by atoms with Gasteiger partial charge >= 0.3 is 5.97 Å². The lowest BCUT2D eigenvalue weighted by Gasteiger charge is -2.16. The second-order valence-electron chi connectivity index (χ2n) is 5.56. The van der Waals surface area contributed by atoms with E-state index < -0.39 is 12.1 Å². The van der Waals surface area contributed by atoms with Gasteiger partial charge in [0.15, 0.2) is 6.10 Å². The molecule has 0 radical (unpaired) electrons. The largest absolute Gasteiger partial charge is 0.496 e. The molecule has 2 rings (SSSR count). The van der Waals surface area contributed by atoms with Crippen LogP contribution in [0.15, 0.2) is 42.5 Å². The summed E-state index contributed by atoms with van der Waals surface area (Å²) in [6.07, 6.45) is -0.928. The van der Waals surface area contributed by atoms with E-state index >= 15 is 0 Å². The molecule has 0 aliphatic rings. The Morgan fingerprint density at radius 1 is 1.08 bits per heavy atom. The molecule has 5 heteroatoms. The van der Waals surface area contributed by atoms with Crippen LogP contribution in [0.2, 0.25) is 0 Å². The number of hydrogen-bond acceptors (Lipinski definition) is 4. The summed E-state index contributed by atoms with van der Waals surface area (Å²) in [6.45, 7) is 5.43. The van der Waals surface area contributed by atoms with Gasteiger partial charge in [-0.15, -0.1) is 0 Å². The second-order valence-corrected chi connectivity index (χ2v) is 5.56. The zero-order valence-corrected chi connectivity index (χ0v) is 14.3. The van der Waals surface area contributed by atoms with E-state index in [4.69, 9.17) is 9.47 Å². The van der Waals surface area contributed by atoms with Crippen molar-refractivity contribution < 1.29 is 19.1 Å². The molecule has 0 aliphatic carbocycles. The Hall–Kier alpha value is -2.82. The third-order valence-corrected chi connectivity index (χ3v) is 3.62. The Labute approximate surface area is 141 Å². The molecule has 126 valence electrons. The highest BCUT2D eigenvalue weighted by atomic mass is 16.5. The van der Waals surface area contributed by atoms with Crippen molar-refractivity contribution >= 4 is 17.6 Å². The number of para-hydroxylation sites is 1. The van der Waals surface area contributed by atoms with Gasteiger partial charge in [0, 0.05) is 5.69 Å². The van der Waals surface area contributed by atoms with Crippen LogP contribution >= 0.6 is 0 Å². The number of esters is 1. The standard InChI is InChI=1S/C19H21NO4/c1-12-9-10-16(13(2)11-12)20-18(21)14(3)24-19(22)15-7-5-6-8-17(15)23-4/h5-11,14H,1-4H3,(H,20,21). The van der Waals surface area contributed by atoms with E-state index in [1.165, 1.54) is 14.0 Å². The monoisotopic (exact) mass is 327 g/mol. The molecule has 2 aromatic carbocycles. The summed E-state index contributed by atoms with van der Waals surface area (Å²) in [5.74, 6) is -0.578. The predicted octanol–water partition coefficient (Wildman–Crippen LogP) is 3.50. The fraction of sp³-hybridized carbons (Fsp3) is 0.263. The summed E-state index contributed by atoms with van der Waals surface area (Å²) in [5, 5.41) is 2.78. The minimum Gasteiger partial charge on any atom is -0.496 e. The molecular formula is C19H21NO4. The first-order valence-corrected chi connectivity index (χ1v) is 7.64. The third-order valence-electron chi connectivity index (χ3n) is 3.62. The number of ether oxygens (including phenoxy) is 2. The molecule has 0 saturated heterocycles. The molecule has 24 heavy (non-hydrogen) atoms. The lowest BCUT2D eigenvalue weighted by Crippen LogP contribution is -2.30. The molecule has 1 amide bonds. The smallest absolute Gasteiger partial charge is 0.342 e. The van der Waals surface area contributed by atoms with Crippen LogP contribution in [0.5, 0.6) is 5.75 Å². The van der Waals surface area contributed by atoms with Crippen molar-refractivity contribution in [3.63, 3.8) is 0 Å². The van der Waals surface area contributed by atoms with Gasteiger partial charge in [0.05, 0.1) is 7.11 Å². The second kappa shape index (κ2) is 7.64. The lowest BCUT2D eigenvalue weighted by molar-refractivity contribution is -0.123. The molecule has 0 heterocycles. The first-order chi connectivity index (χ1) is 11.4. The molecule has 1 N–H and O–H groups in total. The van der Waals surface area contributed by atoms with Gasteiger partial charge in [0.1, 0.15) is 11.3 Å². The Bertz CT molecular complexity index is 755. The molecule has 0 aliphatic heterocycles. The Morgan fingerprint density at radius 2 is 1.79 bits per heavy atom. The quantitative estimate of drug-likeness (QED) is 0.854. The van der Waals surface area contributed by atoms with Crippen molar-refractivity contribution in [1.29, 1.82) is 0 Å². The molecule has 0 spiro atoms. The van der Waals surface area contributed by atoms with Crippen molar-refractivity contribution in [3.05, 3.63) is 59.2 Å². The molecule has 1 atom stereocenters. The van der Waals surface area contributed by atoms with Crippen molar-refractivity contribution in [1.82, 2.24) is 0 Å². The van der Waals surface area contributed by atoms with Gasteiger partial charge in [-0.05, 0) is 44.5 Å². The van der Waals surface area contributed by atoms with Crippen LogP contribution in [0.4, 0.5) is 5.69 Å². The lowest BCUT2D eigenvalue weighted by atomic mass is 10.1. The maximum Gasteiger partial charge on any atom is 0.342 e. The predicted molar refractivity (Wildman–Crippen MR) is 92.4 cm³/mol. The first-order valence-electron chi connectivity index (χ1n) is 7.64. The topological polar surface area (TPSA) is 64.6 Å². The Morgan fingerprint density at radius 3 is 2.46 bits per heavy atom. The highest BCUT2D eigenvalue weighted by Crippen LogP contribution is 2.20. The zero-order chi connectivity index (χ0) is 17.7. The van der Waals surface area contributed by atoms with E-state index in [1.54, 1.807) is 24.3 Å². The fourth-order valence-electron chi connectivity index (χ4n) is 2.28. The minimum atomic E-state index is -0.928. The average Bonchev–Trinajstić information content (AvgIpc) is 2.57. The van der Waals surface area contributed by atoms with Gasteiger partial charge in [0.25, 0.3) is 5.91 Å². The number of nitrogens with one attached hydrogen (secondary N) is 1. The van der Waals surface area contributed by atoms with Crippen LogP contribution in [-0.2, 0) is 9.53 Å². The van der Waals surface area contributed by atoms with Crippen LogP contribution in [-0.4, -0.2) is 25.1 Å². The summed E-state index contributed by atoms with van der Waals surface area (Å²) in [4.78, 5) is 24.5. The van der Waals surface area contributed by atoms with E-state index in [-0.39, 0.29) is 11.5 Å². The number of hydrogen-bond donors (Lipinski definition) is 1. The molecule has 0 fully saturated rings. The number of carbonyl (C=O) groups is 2. The normalized spacial score (nSPS) is 11.5. The van der Waals surface area contributed by atoms with Crippen molar-refractivity contribution in [2.45, 2.75) is 26.9 Å². The summed E-state index contributed by atoms with van der Waals surface area (Å²) in [5.41, 5.74) is 3.05. The summed E-state index contributed by atoms with van der Waals surface area (Å²) < 4.78 is 10.4. The Balaban J connectivity index is 2.04. The molecule has 0 aromatic heterocycles. The van der Waals surface area contributed by atoms with Gasteiger partial charge in [-0.2, -0.15) is 0 Å². The SMILES string of the molecule is COc1ccccc1C(=O)OC(C)C(=O)Nc1ccc(C)cc1C. The molecule has 0 saturated carbocycles. The van der Waals surface area contributed by atoms with Crippen LogP contribution in [0.25, 0.3) is 0 Å². The third kappa shape index (κ3) is 4.13. The molecule has 5 nitrogen and oxygen atoms in total. The minimum absolute atomic E-state index is 0.283. The number of benzene rings is 2. The highest BCUT2D eigenvalue weighted by molar-refractivity contribution is 5.98. The summed E-state index contributed by atoms with van der Waals surface area (Å²) in [6, 6.07) is 12.4. The maximum absolute atomic E-state index is 12.3. The number of anilines is 1. The number of carbonyl (C=O) groups excluding carboxylic acids is 2. The van der Waals surface area contributed by atoms with Crippen LogP contribution in [0.3, 0.4) is 0 Å². The Kier molecular flexibility index (Phi) is 5.58. The van der Waals surface area contributed by atoms with Gasteiger partial charge in [-0.25, -0.2) is 4.79 Å². The van der Waals surface area contributed by atoms with Crippen molar-refractivity contribution in [2.24, 2.45) is 0 Å². The van der Waals surface area contributed by atoms with E-state index in [9.17, 15) is 9.59 Å². The number of methoxy groups -OCH3 is 1. The number of rotatable bonds is 5. The maximum atomic E-state index is 12.3. The zero-order valence-electron chi connectivity index (χ0n) is 14.3. The molecule has 0 bridgehead atoms. The van der Waals surface area contributed by atoms with E-state index in [2.05, 4.69) is 5.32 Å². The summed E-state index contributed by atoms with van der Waals surface area (Å²) in [7, 11) is 1.47. The van der Waals surface area contributed by atoms with Crippen LogP contribution in [0, 0.1) is 13.8 Å². The summed E-state index contributed by atoms with van der Waals surface area (Å²) >= 11 is 0. The molecular weight excluding hydrogens is 306 g/mol. The van der Waals surface area contributed by atoms with Gasteiger partial charge in [-0.1, -0.05) is 29.8 Å². The first kappa shape index (κ1) is 17.5. The van der Waals surface area contributed by atoms with Gasteiger partial charge in [0.2, 0.25) is 0 Å². The van der Waals surface area contributed by atoms with Crippen LogP contribution in [0.1, 0.15) is 28.4 Å². The average molecular weight is 327 g/mol. The molecule has 2 aromatic rings.